The van der Waals surface area contributed by atoms with Crippen molar-refractivity contribution in [2.24, 2.45) is 0 Å². The first-order chi connectivity index (χ1) is 13.8. The highest BCUT2D eigenvalue weighted by Gasteiger charge is 2.38. The SMILES string of the molecule is CC(C)c1cc(C(F)(F)F)c2c(C3CCN(C(=O)c4cn[nH]n4)CC3)noc2n1. The Bertz CT molecular complexity index is 1020. The molecule has 154 valence electrons. The van der Waals surface area contributed by atoms with Crippen LogP contribution in [0, 0.1) is 0 Å². The van der Waals surface area contributed by atoms with Crippen LogP contribution in [-0.2, 0) is 6.18 Å². The summed E-state index contributed by atoms with van der Waals surface area (Å²) in [4.78, 5) is 18.2. The number of fused-ring (bicyclic) bond motifs is 1. The van der Waals surface area contributed by atoms with E-state index >= 15 is 0 Å². The number of aromatic amines is 1. The molecular formula is C18H19F3N6O2. The van der Waals surface area contributed by atoms with Crippen LogP contribution in [0.25, 0.3) is 11.1 Å². The third-order valence-corrected chi connectivity index (χ3v) is 5.19. The van der Waals surface area contributed by atoms with Crippen LogP contribution in [0.5, 0.6) is 0 Å². The zero-order valence-corrected chi connectivity index (χ0v) is 15.8. The van der Waals surface area contributed by atoms with Gasteiger partial charge in [-0.25, -0.2) is 4.98 Å². The third-order valence-electron chi connectivity index (χ3n) is 5.19. The van der Waals surface area contributed by atoms with E-state index in [1.807, 2.05) is 0 Å². The normalized spacial score (nSPS) is 16.1. The highest BCUT2D eigenvalue weighted by Crippen LogP contribution is 2.41. The Morgan fingerprint density at radius 1 is 1.31 bits per heavy atom. The maximum atomic E-state index is 13.7. The van der Waals surface area contributed by atoms with E-state index in [4.69, 9.17) is 4.52 Å². The molecule has 0 aliphatic carbocycles. The number of aromatic nitrogens is 5. The van der Waals surface area contributed by atoms with E-state index in [0.717, 1.165) is 6.07 Å². The van der Waals surface area contributed by atoms with Crippen molar-refractivity contribution in [3.05, 3.63) is 34.9 Å². The van der Waals surface area contributed by atoms with Gasteiger partial charge >= 0.3 is 6.18 Å². The van der Waals surface area contributed by atoms with E-state index < -0.39 is 11.7 Å². The summed E-state index contributed by atoms with van der Waals surface area (Å²) < 4.78 is 46.4. The fourth-order valence-electron chi connectivity index (χ4n) is 3.61. The number of halogens is 3. The summed E-state index contributed by atoms with van der Waals surface area (Å²) in [5.74, 6) is -0.702. The van der Waals surface area contributed by atoms with Crippen molar-refractivity contribution in [1.82, 2.24) is 30.5 Å². The summed E-state index contributed by atoms with van der Waals surface area (Å²) in [6, 6.07) is 1.08. The molecule has 0 unspecified atom stereocenters. The van der Waals surface area contributed by atoms with Crippen LogP contribution in [-0.4, -0.2) is 49.4 Å². The van der Waals surface area contributed by atoms with E-state index in [9.17, 15) is 18.0 Å². The number of amides is 1. The second kappa shape index (κ2) is 7.12. The largest absolute Gasteiger partial charge is 0.417 e. The minimum absolute atomic E-state index is 0.0804. The number of H-pyrrole nitrogens is 1. The third kappa shape index (κ3) is 3.56. The van der Waals surface area contributed by atoms with Crippen molar-refractivity contribution in [1.29, 1.82) is 0 Å². The maximum absolute atomic E-state index is 13.7. The Morgan fingerprint density at radius 3 is 2.62 bits per heavy atom. The van der Waals surface area contributed by atoms with Crippen LogP contribution in [0.3, 0.4) is 0 Å². The summed E-state index contributed by atoms with van der Waals surface area (Å²) in [6.45, 7) is 4.30. The topological polar surface area (TPSA) is 101 Å². The van der Waals surface area contributed by atoms with Gasteiger partial charge in [0.25, 0.3) is 11.6 Å². The lowest BCUT2D eigenvalue weighted by Crippen LogP contribution is -2.38. The quantitative estimate of drug-likeness (QED) is 0.712. The van der Waals surface area contributed by atoms with Crippen LogP contribution >= 0.6 is 0 Å². The van der Waals surface area contributed by atoms with E-state index in [0.29, 0.717) is 31.6 Å². The summed E-state index contributed by atoms with van der Waals surface area (Å²) in [5.41, 5.74) is -0.104. The Morgan fingerprint density at radius 2 is 2.03 bits per heavy atom. The molecule has 1 fully saturated rings. The predicted molar refractivity (Wildman–Crippen MR) is 95.2 cm³/mol. The number of likely N-dealkylation sites (tertiary alicyclic amines) is 1. The zero-order chi connectivity index (χ0) is 20.8. The Kier molecular flexibility index (Phi) is 4.75. The molecular weight excluding hydrogens is 389 g/mol. The van der Waals surface area contributed by atoms with Crippen molar-refractivity contribution in [3.63, 3.8) is 0 Å². The van der Waals surface area contributed by atoms with Crippen molar-refractivity contribution in [2.75, 3.05) is 13.1 Å². The number of piperidine rings is 1. The molecule has 4 rings (SSSR count). The van der Waals surface area contributed by atoms with Crippen LogP contribution in [0.2, 0.25) is 0 Å². The average Bonchev–Trinajstić information content (AvgIpc) is 3.36. The molecule has 3 aromatic rings. The van der Waals surface area contributed by atoms with Gasteiger partial charge < -0.3 is 9.42 Å². The fourth-order valence-corrected chi connectivity index (χ4v) is 3.61. The molecule has 0 spiro atoms. The fraction of sp³-hybridized carbons (Fsp3) is 0.500. The van der Waals surface area contributed by atoms with Gasteiger partial charge in [-0.3, -0.25) is 4.79 Å². The Balaban J connectivity index is 1.63. The molecule has 1 aliphatic heterocycles. The minimum Gasteiger partial charge on any atom is -0.337 e. The summed E-state index contributed by atoms with van der Waals surface area (Å²) in [6.07, 6.45) is -2.27. The van der Waals surface area contributed by atoms with Gasteiger partial charge in [-0.05, 0) is 24.8 Å². The Hall–Kier alpha value is -2.98. The number of hydrogen-bond donors (Lipinski definition) is 1. The molecule has 1 N–H and O–H groups in total. The zero-order valence-electron chi connectivity index (χ0n) is 15.8. The van der Waals surface area contributed by atoms with Gasteiger partial charge in [0.2, 0.25) is 0 Å². The highest BCUT2D eigenvalue weighted by molar-refractivity contribution is 5.92. The van der Waals surface area contributed by atoms with Gasteiger partial charge in [-0.15, -0.1) is 0 Å². The average molecular weight is 408 g/mol. The van der Waals surface area contributed by atoms with E-state index in [2.05, 4.69) is 25.6 Å². The molecule has 29 heavy (non-hydrogen) atoms. The lowest BCUT2D eigenvalue weighted by Gasteiger charge is -2.30. The minimum atomic E-state index is -4.55. The molecule has 11 heteroatoms. The standard InChI is InChI=1S/C18H19F3N6O2/c1-9(2)12-7-11(18(19,20)21)14-15(25-29-16(14)23-12)10-3-5-27(6-4-10)17(28)13-8-22-26-24-13/h7-10H,3-6H2,1-2H3,(H,22,24,26). The van der Waals surface area contributed by atoms with Gasteiger partial charge in [0.05, 0.1) is 22.8 Å². The highest BCUT2D eigenvalue weighted by atomic mass is 19.4. The monoisotopic (exact) mass is 408 g/mol. The smallest absolute Gasteiger partial charge is 0.337 e. The van der Waals surface area contributed by atoms with Gasteiger partial charge in [-0.2, -0.15) is 28.6 Å². The lowest BCUT2D eigenvalue weighted by molar-refractivity contribution is -0.136. The van der Waals surface area contributed by atoms with Crippen LogP contribution in [0.1, 0.15) is 66.0 Å². The second-order valence-corrected chi connectivity index (χ2v) is 7.42. The first-order valence-electron chi connectivity index (χ1n) is 9.28. The molecule has 1 amide bonds. The molecule has 0 bridgehead atoms. The van der Waals surface area contributed by atoms with Crippen molar-refractivity contribution < 1.29 is 22.5 Å². The van der Waals surface area contributed by atoms with Gasteiger partial charge in [0.1, 0.15) is 0 Å². The number of pyridine rings is 1. The molecule has 0 radical (unpaired) electrons. The van der Waals surface area contributed by atoms with E-state index in [-0.39, 0.29) is 40.2 Å². The molecule has 8 nitrogen and oxygen atoms in total. The molecule has 0 aromatic carbocycles. The van der Waals surface area contributed by atoms with Gasteiger partial charge in [0, 0.05) is 24.7 Å². The van der Waals surface area contributed by atoms with Crippen LogP contribution < -0.4 is 0 Å². The first-order valence-corrected chi connectivity index (χ1v) is 9.28. The molecule has 1 saturated heterocycles. The number of alkyl halides is 3. The first kappa shape index (κ1) is 19.3. The molecule has 0 saturated carbocycles. The van der Waals surface area contributed by atoms with Crippen molar-refractivity contribution >= 4 is 17.0 Å². The summed E-state index contributed by atoms with van der Waals surface area (Å²) >= 11 is 0. The number of rotatable bonds is 3. The summed E-state index contributed by atoms with van der Waals surface area (Å²) in [5, 5.41) is 13.6. The second-order valence-electron chi connectivity index (χ2n) is 7.42. The number of hydrogen-bond acceptors (Lipinski definition) is 6. The molecule has 0 atom stereocenters. The van der Waals surface area contributed by atoms with Crippen LogP contribution in [0.4, 0.5) is 13.2 Å². The Labute approximate surface area is 163 Å². The van der Waals surface area contributed by atoms with Crippen molar-refractivity contribution in [2.45, 2.75) is 44.7 Å². The van der Waals surface area contributed by atoms with Crippen molar-refractivity contribution in [3.8, 4) is 0 Å². The van der Waals surface area contributed by atoms with E-state index in [1.54, 1.807) is 18.7 Å². The molecule has 1 aliphatic rings. The van der Waals surface area contributed by atoms with Crippen LogP contribution in [0.15, 0.2) is 16.8 Å². The molecule has 4 heterocycles. The van der Waals surface area contributed by atoms with Gasteiger partial charge in [-0.1, -0.05) is 19.0 Å². The summed E-state index contributed by atoms with van der Waals surface area (Å²) in [7, 11) is 0. The number of nitrogens with zero attached hydrogens (tertiary/aromatic N) is 5. The van der Waals surface area contributed by atoms with Gasteiger partial charge in [0.15, 0.2) is 5.69 Å². The van der Waals surface area contributed by atoms with E-state index in [1.165, 1.54) is 6.20 Å². The number of nitrogens with one attached hydrogen (secondary N) is 1. The number of carbonyl (C=O) groups is 1. The lowest BCUT2D eigenvalue weighted by atomic mass is 9.90. The maximum Gasteiger partial charge on any atom is 0.417 e. The molecule has 3 aromatic heterocycles. The number of carbonyl (C=O) groups excluding carboxylic acids is 1. The predicted octanol–water partition coefficient (Wildman–Crippen LogP) is 3.50.